The number of halogens is 4. The van der Waals surface area contributed by atoms with E-state index in [2.05, 4.69) is 9.72 Å². The third-order valence-corrected chi connectivity index (χ3v) is 5.04. The molecule has 1 heterocycles. The molecular weight excluding hydrogens is 434 g/mol. The first-order chi connectivity index (χ1) is 15.8. The highest BCUT2D eigenvalue weighted by Gasteiger charge is 2.31. The van der Waals surface area contributed by atoms with Gasteiger partial charge in [0.05, 0.1) is 11.3 Å². The predicted octanol–water partition coefficient (Wildman–Crippen LogP) is 7.34. The fraction of sp³-hybridized carbons (Fsp3) is 0.115. The lowest BCUT2D eigenvalue weighted by Crippen LogP contribution is -2.16. The fourth-order valence-electron chi connectivity index (χ4n) is 3.43. The van der Waals surface area contributed by atoms with E-state index in [-0.39, 0.29) is 12.4 Å². The largest absolute Gasteiger partial charge is 0.573 e. The van der Waals surface area contributed by atoms with Crippen molar-refractivity contribution >= 4 is 0 Å². The maximum absolute atomic E-state index is 14.5. The van der Waals surface area contributed by atoms with Crippen molar-refractivity contribution in [2.24, 2.45) is 0 Å². The molecule has 33 heavy (non-hydrogen) atoms. The molecule has 0 radical (unpaired) electrons. The number of aryl methyl sites for hydroxylation is 1. The summed E-state index contributed by atoms with van der Waals surface area (Å²) in [5.74, 6) is -0.305. The van der Waals surface area contributed by atoms with E-state index in [9.17, 15) is 17.6 Å². The second-order valence-electron chi connectivity index (χ2n) is 7.33. The summed E-state index contributed by atoms with van der Waals surface area (Å²) in [5.41, 5.74) is 4.20. The summed E-state index contributed by atoms with van der Waals surface area (Å²) in [6.45, 7) is 2.13. The minimum absolute atomic E-state index is 0.216. The van der Waals surface area contributed by atoms with Crippen molar-refractivity contribution < 1.29 is 27.0 Å². The first kappa shape index (κ1) is 22.3. The highest BCUT2D eigenvalue weighted by Crippen LogP contribution is 2.32. The normalized spacial score (nSPS) is 11.3. The molecule has 1 aromatic heterocycles. The van der Waals surface area contributed by atoms with Gasteiger partial charge in [-0.3, -0.25) is 4.98 Å². The molecule has 0 amide bonds. The lowest BCUT2D eigenvalue weighted by atomic mass is 10.00. The molecule has 3 aromatic carbocycles. The van der Waals surface area contributed by atoms with Crippen LogP contribution >= 0.6 is 0 Å². The van der Waals surface area contributed by atoms with Crippen LogP contribution in [0, 0.1) is 12.7 Å². The van der Waals surface area contributed by atoms with Gasteiger partial charge in [-0.1, -0.05) is 42.5 Å². The van der Waals surface area contributed by atoms with E-state index in [4.69, 9.17) is 4.74 Å². The highest BCUT2D eigenvalue weighted by molar-refractivity contribution is 5.68. The average Bonchev–Trinajstić information content (AvgIpc) is 2.78. The Kier molecular flexibility index (Phi) is 6.31. The number of aromatic nitrogens is 1. The smallest absolute Gasteiger partial charge is 0.488 e. The maximum Gasteiger partial charge on any atom is 0.573 e. The first-order valence-electron chi connectivity index (χ1n) is 10.1. The van der Waals surface area contributed by atoms with Gasteiger partial charge in [-0.15, -0.1) is 13.2 Å². The van der Waals surface area contributed by atoms with E-state index in [1.54, 1.807) is 48.7 Å². The topological polar surface area (TPSA) is 31.4 Å². The third-order valence-electron chi connectivity index (χ3n) is 5.04. The van der Waals surface area contributed by atoms with Crippen LogP contribution in [0.4, 0.5) is 17.6 Å². The quantitative estimate of drug-likeness (QED) is 0.286. The van der Waals surface area contributed by atoms with Crippen molar-refractivity contribution in [3.05, 3.63) is 102 Å². The minimum Gasteiger partial charge on any atom is -0.488 e. The molecule has 0 aliphatic carbocycles. The number of hydrogen-bond acceptors (Lipinski definition) is 3. The molecule has 7 heteroatoms. The number of alkyl halides is 3. The van der Waals surface area contributed by atoms with Crippen LogP contribution in [-0.2, 0) is 6.61 Å². The van der Waals surface area contributed by atoms with Crippen molar-refractivity contribution in [3.63, 3.8) is 0 Å². The highest BCUT2D eigenvalue weighted by atomic mass is 19.4. The van der Waals surface area contributed by atoms with Gasteiger partial charge in [0.2, 0.25) is 0 Å². The van der Waals surface area contributed by atoms with Crippen LogP contribution in [0.25, 0.3) is 22.4 Å². The van der Waals surface area contributed by atoms with Crippen molar-refractivity contribution in [2.45, 2.75) is 19.9 Å². The molecule has 0 saturated carbocycles. The van der Waals surface area contributed by atoms with E-state index in [0.29, 0.717) is 17.0 Å². The Labute approximate surface area is 188 Å². The Bertz CT molecular complexity index is 1240. The van der Waals surface area contributed by atoms with E-state index >= 15 is 0 Å². The van der Waals surface area contributed by atoms with Crippen LogP contribution in [0.1, 0.15) is 11.1 Å². The van der Waals surface area contributed by atoms with Crippen LogP contribution in [0.15, 0.2) is 85.1 Å². The number of nitrogens with zero attached hydrogens (tertiary/aromatic N) is 1. The number of ether oxygens (including phenoxy) is 2. The second-order valence-corrected chi connectivity index (χ2v) is 7.33. The zero-order valence-electron chi connectivity index (χ0n) is 17.6. The second kappa shape index (κ2) is 9.32. The van der Waals surface area contributed by atoms with Crippen molar-refractivity contribution in [2.75, 3.05) is 0 Å². The number of benzene rings is 3. The lowest BCUT2D eigenvalue weighted by molar-refractivity contribution is -0.274. The maximum atomic E-state index is 14.5. The molecule has 4 rings (SSSR count). The van der Waals surface area contributed by atoms with Crippen molar-refractivity contribution in [1.82, 2.24) is 4.98 Å². The summed E-state index contributed by atoms with van der Waals surface area (Å²) >= 11 is 0. The van der Waals surface area contributed by atoms with Gasteiger partial charge in [-0.2, -0.15) is 0 Å². The standard InChI is InChI=1S/C26H19F4NO2/c1-17-15-19(18-10-12-21(13-11-18)33-26(28,29)30)8-9-20(17)16-32-24-7-4-5-22(27)25(24)23-6-2-3-14-31-23/h2-15H,16H2,1H3. The fourth-order valence-corrected chi connectivity index (χ4v) is 3.43. The molecule has 0 N–H and O–H groups in total. The summed E-state index contributed by atoms with van der Waals surface area (Å²) in [4.78, 5) is 4.22. The Morgan fingerprint density at radius 1 is 0.848 bits per heavy atom. The SMILES string of the molecule is Cc1cc(-c2ccc(OC(F)(F)F)cc2)ccc1COc1cccc(F)c1-c1ccccn1. The summed E-state index contributed by atoms with van der Waals surface area (Å²) in [6, 6.07) is 21.2. The molecule has 0 atom stereocenters. The van der Waals surface area contributed by atoms with Gasteiger partial charge in [0.25, 0.3) is 0 Å². The van der Waals surface area contributed by atoms with Gasteiger partial charge >= 0.3 is 6.36 Å². The van der Waals surface area contributed by atoms with Gasteiger partial charge in [-0.25, -0.2) is 4.39 Å². The molecule has 0 aliphatic rings. The Hall–Kier alpha value is -3.87. The monoisotopic (exact) mass is 453 g/mol. The van der Waals surface area contributed by atoms with Gasteiger partial charge in [0.15, 0.2) is 0 Å². The summed E-state index contributed by atoms with van der Waals surface area (Å²) < 4.78 is 61.4. The molecular formula is C26H19F4NO2. The van der Waals surface area contributed by atoms with E-state index in [1.165, 1.54) is 18.2 Å². The van der Waals surface area contributed by atoms with Gasteiger partial charge in [-0.05, 0) is 65.6 Å². The molecule has 4 aromatic rings. The molecule has 168 valence electrons. The minimum atomic E-state index is -4.72. The average molecular weight is 453 g/mol. The van der Waals surface area contributed by atoms with E-state index in [1.807, 2.05) is 25.1 Å². The number of hydrogen-bond donors (Lipinski definition) is 0. The number of rotatable bonds is 6. The van der Waals surface area contributed by atoms with Crippen LogP contribution in [0.5, 0.6) is 11.5 Å². The van der Waals surface area contributed by atoms with Crippen LogP contribution in [-0.4, -0.2) is 11.3 Å². The molecule has 0 aliphatic heterocycles. The Morgan fingerprint density at radius 3 is 2.27 bits per heavy atom. The Morgan fingerprint density at radius 2 is 1.61 bits per heavy atom. The molecule has 0 saturated heterocycles. The van der Waals surface area contributed by atoms with Crippen LogP contribution < -0.4 is 9.47 Å². The van der Waals surface area contributed by atoms with Gasteiger partial charge in [0.1, 0.15) is 23.9 Å². The third kappa shape index (κ3) is 5.49. The van der Waals surface area contributed by atoms with Gasteiger partial charge < -0.3 is 9.47 Å². The van der Waals surface area contributed by atoms with Crippen LogP contribution in [0.2, 0.25) is 0 Å². The van der Waals surface area contributed by atoms with E-state index in [0.717, 1.165) is 22.3 Å². The van der Waals surface area contributed by atoms with E-state index < -0.39 is 12.2 Å². The molecule has 3 nitrogen and oxygen atoms in total. The molecule has 0 unspecified atom stereocenters. The van der Waals surface area contributed by atoms with Gasteiger partial charge in [0, 0.05) is 6.20 Å². The summed E-state index contributed by atoms with van der Waals surface area (Å²) in [6.07, 6.45) is -3.13. The molecule has 0 fully saturated rings. The van der Waals surface area contributed by atoms with Crippen LogP contribution in [0.3, 0.4) is 0 Å². The van der Waals surface area contributed by atoms with Crippen molar-refractivity contribution in [1.29, 1.82) is 0 Å². The zero-order valence-corrected chi connectivity index (χ0v) is 17.6. The lowest BCUT2D eigenvalue weighted by Gasteiger charge is -2.14. The Balaban J connectivity index is 1.51. The number of pyridine rings is 1. The predicted molar refractivity (Wildman–Crippen MR) is 117 cm³/mol. The molecule has 0 spiro atoms. The first-order valence-corrected chi connectivity index (χ1v) is 10.1. The van der Waals surface area contributed by atoms with Crippen molar-refractivity contribution in [3.8, 4) is 33.9 Å². The molecule has 0 bridgehead atoms. The summed E-state index contributed by atoms with van der Waals surface area (Å²) in [7, 11) is 0. The summed E-state index contributed by atoms with van der Waals surface area (Å²) in [5, 5.41) is 0. The zero-order chi connectivity index (χ0) is 23.4.